The van der Waals surface area contributed by atoms with Gasteiger partial charge in [-0.15, -0.1) is 0 Å². The highest BCUT2D eigenvalue weighted by atomic mass is 35.6. The van der Waals surface area contributed by atoms with Crippen LogP contribution in [0, 0.1) is 5.92 Å². The molecule has 8 heteroatoms. The van der Waals surface area contributed by atoms with E-state index in [2.05, 4.69) is 5.32 Å². The number of likely N-dealkylation sites (tertiary alicyclic amines) is 1. The Balaban J connectivity index is 1.44. The zero-order valence-corrected chi connectivity index (χ0v) is 19.4. The van der Waals surface area contributed by atoms with Crippen LogP contribution in [0.25, 0.3) is 10.8 Å². The van der Waals surface area contributed by atoms with Gasteiger partial charge in [-0.25, -0.2) is 0 Å². The maximum atomic E-state index is 13.3. The summed E-state index contributed by atoms with van der Waals surface area (Å²) in [6.07, 6.45) is 0.176. The number of piperidine rings is 1. The average molecular weight is 491 g/mol. The number of carbonyl (C=O) groups excluding carboxylic acids is 1. The van der Waals surface area contributed by atoms with E-state index in [1.165, 1.54) is 0 Å². The summed E-state index contributed by atoms with van der Waals surface area (Å²) in [7, 11) is 0. The Labute approximate surface area is 200 Å². The fourth-order valence-electron chi connectivity index (χ4n) is 5.15. The molecule has 2 aliphatic rings. The Bertz CT molecular complexity index is 1230. The van der Waals surface area contributed by atoms with Crippen LogP contribution in [0.15, 0.2) is 65.5 Å². The second-order valence-electron chi connectivity index (χ2n) is 8.60. The average Bonchev–Trinajstić information content (AvgIpc) is 2.77. The zero-order chi connectivity index (χ0) is 22.5. The number of alkyl halides is 3. The fraction of sp³-hybridized carbons (Fsp3) is 0.333. The minimum absolute atomic E-state index is 0.0211. The third-order valence-electron chi connectivity index (χ3n) is 6.49. The highest BCUT2D eigenvalue weighted by molar-refractivity contribution is 6.68. The maximum absolute atomic E-state index is 13.3. The molecule has 1 N–H and O–H groups in total. The topological polar surface area (TPSA) is 54.3 Å². The molecule has 0 spiro atoms. The molecular formula is C24H22Cl3N3O2. The number of hydrogen-bond donors (Lipinski definition) is 1. The van der Waals surface area contributed by atoms with E-state index in [1.54, 1.807) is 18.2 Å². The normalized spacial score (nSPS) is 21.7. The lowest BCUT2D eigenvalue weighted by Gasteiger charge is -2.47. The lowest BCUT2D eigenvalue weighted by atomic mass is 9.83. The standard InChI is InChI=1S/C24H22Cl3N3O2/c25-24(26,27)23(28-22(32)19-8-3-6-16-5-1-2-7-18(16)19)29-12-15-11-17(14-29)20-9-4-10-21(31)30(20)13-15/h1-10,15,17,23H,11-14H2,(H,28,32)/t15-,17-,23?/m0/s1. The van der Waals surface area contributed by atoms with Gasteiger partial charge in [0.2, 0.25) is 3.79 Å². The Morgan fingerprint density at radius 1 is 0.969 bits per heavy atom. The molecule has 2 aromatic carbocycles. The number of benzene rings is 2. The zero-order valence-electron chi connectivity index (χ0n) is 17.2. The Hall–Kier alpha value is -2.05. The van der Waals surface area contributed by atoms with E-state index < -0.39 is 9.96 Å². The van der Waals surface area contributed by atoms with Crippen LogP contribution >= 0.6 is 34.8 Å². The molecule has 1 amide bonds. The molecule has 166 valence electrons. The van der Waals surface area contributed by atoms with Crippen LogP contribution in [0.1, 0.15) is 28.4 Å². The Morgan fingerprint density at radius 3 is 2.53 bits per heavy atom. The number of nitrogens with one attached hydrogen (secondary N) is 1. The van der Waals surface area contributed by atoms with Crippen molar-refractivity contribution in [2.24, 2.45) is 5.92 Å². The van der Waals surface area contributed by atoms with Gasteiger partial charge in [-0.3, -0.25) is 14.5 Å². The van der Waals surface area contributed by atoms with Crippen molar-refractivity contribution in [1.82, 2.24) is 14.8 Å². The van der Waals surface area contributed by atoms with Gasteiger partial charge in [-0.2, -0.15) is 0 Å². The third-order valence-corrected chi connectivity index (χ3v) is 7.11. The number of hydrogen-bond acceptors (Lipinski definition) is 3. The van der Waals surface area contributed by atoms with Gasteiger partial charge in [-0.05, 0) is 35.2 Å². The lowest BCUT2D eigenvalue weighted by Crippen LogP contribution is -2.60. The van der Waals surface area contributed by atoms with Crippen molar-refractivity contribution in [3.05, 3.63) is 82.3 Å². The van der Waals surface area contributed by atoms with Gasteiger partial charge in [0, 0.05) is 42.9 Å². The van der Waals surface area contributed by atoms with Gasteiger partial charge >= 0.3 is 0 Å². The summed E-state index contributed by atoms with van der Waals surface area (Å²) in [6.45, 7) is 1.85. The van der Waals surface area contributed by atoms with E-state index >= 15 is 0 Å². The van der Waals surface area contributed by atoms with Gasteiger partial charge in [-0.1, -0.05) is 77.3 Å². The summed E-state index contributed by atoms with van der Waals surface area (Å²) in [4.78, 5) is 27.6. The van der Waals surface area contributed by atoms with Crippen molar-refractivity contribution in [2.75, 3.05) is 13.1 Å². The highest BCUT2D eigenvalue weighted by Gasteiger charge is 2.44. The van der Waals surface area contributed by atoms with Gasteiger partial charge in [0.05, 0.1) is 0 Å². The first kappa shape index (κ1) is 21.8. The van der Waals surface area contributed by atoms with E-state index in [9.17, 15) is 9.59 Å². The van der Waals surface area contributed by atoms with Gasteiger partial charge in [0.1, 0.15) is 6.17 Å². The van der Waals surface area contributed by atoms with Gasteiger partial charge in [0.15, 0.2) is 0 Å². The molecule has 0 radical (unpaired) electrons. The second-order valence-corrected chi connectivity index (χ2v) is 11.0. The summed E-state index contributed by atoms with van der Waals surface area (Å²) in [6, 6.07) is 18.7. The molecule has 5 nitrogen and oxygen atoms in total. The van der Waals surface area contributed by atoms with Crippen molar-refractivity contribution in [3.8, 4) is 0 Å². The van der Waals surface area contributed by atoms with Crippen LogP contribution < -0.4 is 10.9 Å². The first-order chi connectivity index (χ1) is 15.3. The van der Waals surface area contributed by atoms with Crippen molar-refractivity contribution >= 4 is 51.5 Å². The van der Waals surface area contributed by atoms with Crippen LogP contribution in [0.3, 0.4) is 0 Å². The summed E-state index contributed by atoms with van der Waals surface area (Å²) >= 11 is 19.2. The number of amides is 1. The molecule has 3 heterocycles. The van der Waals surface area contributed by atoms with Gasteiger partial charge in [0.25, 0.3) is 11.5 Å². The van der Waals surface area contributed by atoms with Crippen molar-refractivity contribution in [3.63, 3.8) is 0 Å². The number of fused-ring (bicyclic) bond motifs is 5. The maximum Gasteiger partial charge on any atom is 0.253 e. The molecule has 3 aromatic rings. The molecular weight excluding hydrogens is 469 g/mol. The quantitative estimate of drug-likeness (QED) is 0.548. The molecule has 2 bridgehead atoms. The number of carbonyl (C=O) groups is 1. The van der Waals surface area contributed by atoms with Crippen LogP contribution in [0.2, 0.25) is 0 Å². The smallest absolute Gasteiger partial charge is 0.253 e. The molecule has 1 aromatic heterocycles. The fourth-order valence-corrected chi connectivity index (χ4v) is 5.73. The number of rotatable bonds is 3. The monoisotopic (exact) mass is 489 g/mol. The molecule has 1 fully saturated rings. The summed E-state index contributed by atoms with van der Waals surface area (Å²) < 4.78 is 0.136. The van der Waals surface area contributed by atoms with E-state index in [4.69, 9.17) is 34.8 Å². The Morgan fingerprint density at radius 2 is 1.72 bits per heavy atom. The first-order valence-corrected chi connectivity index (χ1v) is 11.7. The minimum atomic E-state index is -1.72. The molecule has 0 saturated carbocycles. The largest absolute Gasteiger partial charge is 0.332 e. The second kappa shape index (κ2) is 8.38. The molecule has 5 rings (SSSR count). The van der Waals surface area contributed by atoms with E-state index in [-0.39, 0.29) is 23.3 Å². The van der Waals surface area contributed by atoms with E-state index in [1.807, 2.05) is 51.9 Å². The SMILES string of the molecule is O=C(NC(N1C[C@@H]2C[C@@H](C1)c1cccc(=O)n1C2)C(Cl)(Cl)Cl)c1cccc2ccccc12. The van der Waals surface area contributed by atoms with Crippen LogP contribution in [0.4, 0.5) is 0 Å². The predicted octanol–water partition coefficient (Wildman–Crippen LogP) is 4.55. The van der Waals surface area contributed by atoms with Crippen LogP contribution in [-0.4, -0.2) is 38.4 Å². The number of pyridine rings is 1. The number of aromatic nitrogens is 1. The van der Waals surface area contributed by atoms with Crippen LogP contribution in [-0.2, 0) is 6.54 Å². The van der Waals surface area contributed by atoms with Crippen molar-refractivity contribution in [1.29, 1.82) is 0 Å². The van der Waals surface area contributed by atoms with Crippen molar-refractivity contribution in [2.45, 2.75) is 28.8 Å². The summed E-state index contributed by atoms with van der Waals surface area (Å²) in [5.74, 6) is 0.0943. The van der Waals surface area contributed by atoms with Crippen molar-refractivity contribution < 1.29 is 4.79 Å². The van der Waals surface area contributed by atoms with E-state index in [0.717, 1.165) is 22.9 Å². The molecule has 1 unspecified atom stereocenters. The first-order valence-electron chi connectivity index (χ1n) is 10.6. The Kier molecular flexibility index (Phi) is 5.70. The van der Waals surface area contributed by atoms with Crippen LogP contribution in [0.5, 0.6) is 0 Å². The highest BCUT2D eigenvalue weighted by Crippen LogP contribution is 2.40. The molecule has 1 saturated heterocycles. The van der Waals surface area contributed by atoms with E-state index in [0.29, 0.717) is 25.2 Å². The molecule has 32 heavy (non-hydrogen) atoms. The number of nitrogens with zero attached hydrogens (tertiary/aromatic N) is 2. The molecule has 3 atom stereocenters. The predicted molar refractivity (Wildman–Crippen MR) is 129 cm³/mol. The number of halogens is 3. The summed E-state index contributed by atoms with van der Waals surface area (Å²) in [5.41, 5.74) is 1.56. The summed E-state index contributed by atoms with van der Waals surface area (Å²) in [5, 5.41) is 4.80. The van der Waals surface area contributed by atoms with Gasteiger partial charge < -0.3 is 9.88 Å². The minimum Gasteiger partial charge on any atom is -0.332 e. The lowest BCUT2D eigenvalue weighted by molar-refractivity contribution is 0.0587. The molecule has 2 aliphatic heterocycles. The third kappa shape index (κ3) is 4.03. The molecule has 0 aliphatic carbocycles.